The normalized spacial score (nSPS) is 14.2. The predicted octanol–water partition coefficient (Wildman–Crippen LogP) is 3.90. The second-order valence-corrected chi connectivity index (χ2v) is 7.69. The van der Waals surface area contributed by atoms with Crippen LogP contribution in [0.2, 0.25) is 0 Å². The molecule has 2 rings (SSSR count). The summed E-state index contributed by atoms with van der Waals surface area (Å²) in [4.78, 5) is 27.0. The number of nitrogens with zero attached hydrogens (tertiary/aromatic N) is 1. The van der Waals surface area contributed by atoms with Gasteiger partial charge in [-0.1, -0.05) is 30.3 Å². The van der Waals surface area contributed by atoms with Crippen molar-refractivity contribution in [2.24, 2.45) is 0 Å². The van der Waals surface area contributed by atoms with Crippen LogP contribution in [-0.2, 0) is 25.3 Å². The van der Waals surface area contributed by atoms with Crippen molar-refractivity contribution in [3.8, 4) is 5.75 Å². The molecule has 0 aliphatic rings. The molecule has 9 heteroatoms. The number of carbonyl (C=O) groups excluding carboxylic acids is 1. The molecule has 0 saturated carbocycles. The molecule has 0 bridgehead atoms. The van der Waals surface area contributed by atoms with E-state index in [4.69, 9.17) is 25.7 Å². The standard InChI is InChI=1S/C17H19ClNO6P/c1-13(17(20)25-26(18,21)22)19(15-8-10-16(23-2)11-9-15)24-12-14-6-4-3-5-7-14/h3-11,13H,12H2,1-2H3,(H,21,22)/t13-/m0/s1. The van der Waals surface area contributed by atoms with E-state index in [1.807, 2.05) is 30.3 Å². The average molecular weight is 400 g/mol. The molecule has 0 amide bonds. The first-order chi connectivity index (χ1) is 12.3. The molecule has 0 radical (unpaired) electrons. The number of halogens is 1. The van der Waals surface area contributed by atoms with Gasteiger partial charge in [0.05, 0.1) is 19.4 Å². The Kier molecular flexibility index (Phi) is 7.06. The zero-order chi connectivity index (χ0) is 19.2. The van der Waals surface area contributed by atoms with Crippen molar-refractivity contribution in [1.82, 2.24) is 0 Å². The van der Waals surface area contributed by atoms with E-state index < -0.39 is 19.0 Å². The lowest BCUT2D eigenvalue weighted by Gasteiger charge is -2.28. The molecule has 0 aromatic heterocycles. The van der Waals surface area contributed by atoms with E-state index in [0.29, 0.717) is 11.4 Å². The summed E-state index contributed by atoms with van der Waals surface area (Å²) in [5.41, 5.74) is 1.42. The van der Waals surface area contributed by atoms with Gasteiger partial charge in [-0.05, 0) is 36.8 Å². The van der Waals surface area contributed by atoms with E-state index in [9.17, 15) is 9.36 Å². The summed E-state index contributed by atoms with van der Waals surface area (Å²) >= 11 is 5.13. The topological polar surface area (TPSA) is 85.3 Å². The molecule has 1 unspecified atom stereocenters. The number of methoxy groups -OCH3 is 1. The molecule has 0 heterocycles. The maximum atomic E-state index is 12.1. The number of benzene rings is 2. The summed E-state index contributed by atoms with van der Waals surface area (Å²) in [6.45, 7) is -2.82. The number of carbonyl (C=O) groups is 1. The lowest BCUT2D eigenvalue weighted by atomic mass is 10.2. The van der Waals surface area contributed by atoms with Crippen LogP contribution in [0.4, 0.5) is 5.69 Å². The van der Waals surface area contributed by atoms with Crippen molar-refractivity contribution >= 4 is 29.8 Å². The maximum Gasteiger partial charge on any atom is 0.476 e. The van der Waals surface area contributed by atoms with Gasteiger partial charge in [0.25, 0.3) is 0 Å². The minimum absolute atomic E-state index is 0.183. The highest BCUT2D eigenvalue weighted by molar-refractivity contribution is 7.80. The third-order valence-electron chi connectivity index (χ3n) is 3.44. The summed E-state index contributed by atoms with van der Waals surface area (Å²) in [5, 5.41) is 1.29. The Balaban J connectivity index is 2.21. The Bertz CT molecular complexity index is 765. The van der Waals surface area contributed by atoms with Crippen LogP contribution < -0.4 is 9.80 Å². The molecule has 2 aromatic rings. The largest absolute Gasteiger partial charge is 0.497 e. The fourth-order valence-corrected chi connectivity index (χ4v) is 2.72. The molecule has 2 atom stereocenters. The summed E-state index contributed by atoms with van der Waals surface area (Å²) < 4.78 is 20.7. The molecule has 7 nitrogen and oxygen atoms in total. The SMILES string of the molecule is COc1ccc(N(OCc2ccccc2)[C@@H](C)C(=O)OP(=O)(O)Cl)cc1. The highest BCUT2D eigenvalue weighted by Crippen LogP contribution is 2.48. The van der Waals surface area contributed by atoms with E-state index >= 15 is 0 Å². The summed E-state index contributed by atoms with van der Waals surface area (Å²) in [7, 11) is 1.54. The first-order valence-corrected chi connectivity index (χ1v) is 10.1. The third-order valence-corrected chi connectivity index (χ3v) is 4.05. The fourth-order valence-electron chi connectivity index (χ4n) is 2.14. The van der Waals surface area contributed by atoms with Crippen molar-refractivity contribution in [1.29, 1.82) is 0 Å². The van der Waals surface area contributed by atoms with E-state index in [-0.39, 0.29) is 6.61 Å². The van der Waals surface area contributed by atoms with E-state index in [2.05, 4.69) is 4.52 Å². The molecule has 140 valence electrons. The first-order valence-electron chi connectivity index (χ1n) is 7.66. The van der Waals surface area contributed by atoms with Crippen LogP contribution >= 0.6 is 18.2 Å². The average Bonchev–Trinajstić information content (AvgIpc) is 2.61. The van der Waals surface area contributed by atoms with Gasteiger partial charge in [0.2, 0.25) is 0 Å². The van der Waals surface area contributed by atoms with Crippen LogP contribution in [0.15, 0.2) is 54.6 Å². The number of ether oxygens (including phenoxy) is 1. The molecule has 2 aromatic carbocycles. The smallest absolute Gasteiger partial charge is 0.476 e. The van der Waals surface area contributed by atoms with Crippen LogP contribution in [0, 0.1) is 0 Å². The molecule has 0 aliphatic carbocycles. The van der Waals surface area contributed by atoms with E-state index in [1.165, 1.54) is 19.1 Å². The van der Waals surface area contributed by atoms with E-state index in [0.717, 1.165) is 5.56 Å². The molecular weight excluding hydrogens is 381 g/mol. The summed E-state index contributed by atoms with van der Waals surface area (Å²) in [6.07, 6.45) is 0. The van der Waals surface area contributed by atoms with Crippen LogP contribution in [0.1, 0.15) is 12.5 Å². The minimum atomic E-state index is -4.48. The van der Waals surface area contributed by atoms with E-state index in [1.54, 1.807) is 24.3 Å². The van der Waals surface area contributed by atoms with Crippen molar-refractivity contribution in [2.75, 3.05) is 12.2 Å². The third kappa shape index (κ3) is 6.04. The van der Waals surface area contributed by atoms with Gasteiger partial charge in [-0.25, -0.2) is 14.4 Å². The monoisotopic (exact) mass is 399 g/mol. The molecule has 1 N–H and O–H groups in total. The maximum absolute atomic E-state index is 12.1. The van der Waals surface area contributed by atoms with Crippen LogP contribution in [-0.4, -0.2) is 24.0 Å². The van der Waals surface area contributed by atoms with Gasteiger partial charge in [0, 0.05) is 11.2 Å². The van der Waals surface area contributed by atoms with Gasteiger partial charge in [-0.2, -0.15) is 0 Å². The molecular formula is C17H19ClNO6P. The first kappa shape index (κ1) is 20.3. The number of anilines is 1. The van der Waals surface area contributed by atoms with Crippen molar-refractivity contribution in [3.05, 3.63) is 60.2 Å². The van der Waals surface area contributed by atoms with Gasteiger partial charge in [-0.15, -0.1) is 0 Å². The molecule has 26 heavy (non-hydrogen) atoms. The van der Waals surface area contributed by atoms with Gasteiger partial charge < -0.3 is 14.2 Å². The number of hydrogen-bond donors (Lipinski definition) is 1. The van der Waals surface area contributed by atoms with Crippen molar-refractivity contribution in [2.45, 2.75) is 19.6 Å². The lowest BCUT2D eigenvalue weighted by Crippen LogP contribution is -2.39. The zero-order valence-electron chi connectivity index (χ0n) is 14.2. The second kappa shape index (κ2) is 9.05. The van der Waals surface area contributed by atoms with Crippen molar-refractivity contribution < 1.29 is 28.4 Å². The van der Waals surface area contributed by atoms with Gasteiger partial charge >= 0.3 is 12.9 Å². The minimum Gasteiger partial charge on any atom is -0.497 e. The fraction of sp³-hybridized carbons (Fsp3) is 0.235. The Labute approximate surface area is 156 Å². The van der Waals surface area contributed by atoms with Crippen LogP contribution in [0.5, 0.6) is 5.75 Å². The van der Waals surface area contributed by atoms with Gasteiger partial charge in [0.15, 0.2) is 6.04 Å². The van der Waals surface area contributed by atoms with Crippen LogP contribution in [0.25, 0.3) is 0 Å². The Morgan fingerprint density at radius 1 is 1.19 bits per heavy atom. The number of hydrogen-bond acceptors (Lipinski definition) is 6. The second-order valence-electron chi connectivity index (χ2n) is 5.32. The summed E-state index contributed by atoms with van der Waals surface area (Å²) in [6, 6.07) is 15.1. The highest BCUT2D eigenvalue weighted by Gasteiger charge is 2.30. The molecule has 0 fully saturated rings. The Morgan fingerprint density at radius 2 is 1.81 bits per heavy atom. The Hall–Kier alpha value is -2.05. The predicted molar refractivity (Wildman–Crippen MR) is 97.9 cm³/mol. The summed E-state index contributed by atoms with van der Waals surface area (Å²) in [5.74, 6) is -0.359. The van der Waals surface area contributed by atoms with Crippen LogP contribution in [0.3, 0.4) is 0 Å². The van der Waals surface area contributed by atoms with Gasteiger partial charge in [0.1, 0.15) is 5.75 Å². The highest BCUT2D eigenvalue weighted by atomic mass is 35.7. The molecule has 0 saturated heterocycles. The molecule has 0 spiro atoms. The quantitative estimate of drug-likeness (QED) is 0.532. The molecule has 0 aliphatic heterocycles. The number of hydroxylamine groups is 1. The van der Waals surface area contributed by atoms with Crippen molar-refractivity contribution in [3.63, 3.8) is 0 Å². The van der Waals surface area contributed by atoms with Gasteiger partial charge in [-0.3, -0.25) is 4.84 Å². The zero-order valence-corrected chi connectivity index (χ0v) is 15.9. The number of rotatable bonds is 8. The Morgan fingerprint density at radius 3 is 2.35 bits per heavy atom. The lowest BCUT2D eigenvalue weighted by molar-refractivity contribution is -0.138.